The maximum Gasteiger partial charge on any atom is 0.269 e. The lowest BCUT2D eigenvalue weighted by Crippen LogP contribution is -2.13. The van der Waals surface area contributed by atoms with Crippen LogP contribution in [0.2, 0.25) is 0 Å². The third-order valence-corrected chi connectivity index (χ3v) is 4.78. The van der Waals surface area contributed by atoms with Gasteiger partial charge in [0, 0.05) is 48.6 Å². The lowest BCUT2D eigenvalue weighted by molar-refractivity contribution is -0.384. The summed E-state index contributed by atoms with van der Waals surface area (Å²) in [7, 11) is 3.89. The fraction of sp³-hybridized carbons (Fsp3) is 0.0909. The van der Waals surface area contributed by atoms with E-state index in [1.807, 2.05) is 43.3 Å². The first kappa shape index (κ1) is 19.1. The van der Waals surface area contributed by atoms with Crippen molar-refractivity contribution in [2.75, 3.05) is 24.3 Å². The first-order valence-electron chi connectivity index (χ1n) is 9.24. The lowest BCUT2D eigenvalue weighted by Gasteiger charge is -2.12. The van der Waals surface area contributed by atoms with Gasteiger partial charge >= 0.3 is 0 Å². The van der Waals surface area contributed by atoms with Gasteiger partial charge in [0.15, 0.2) is 0 Å². The fourth-order valence-electron chi connectivity index (χ4n) is 3.15. The van der Waals surface area contributed by atoms with E-state index in [2.05, 4.69) is 10.4 Å². The van der Waals surface area contributed by atoms with Gasteiger partial charge in [-0.25, -0.2) is 4.68 Å². The van der Waals surface area contributed by atoms with E-state index >= 15 is 0 Å². The van der Waals surface area contributed by atoms with Crippen LogP contribution in [-0.4, -0.2) is 34.7 Å². The molecular weight excluding hydrogens is 382 g/mol. The summed E-state index contributed by atoms with van der Waals surface area (Å²) in [5, 5.41) is 19.0. The van der Waals surface area contributed by atoms with Gasteiger partial charge in [-0.15, -0.1) is 0 Å². The van der Waals surface area contributed by atoms with Crippen LogP contribution in [0.5, 0.6) is 0 Å². The van der Waals surface area contributed by atoms with Gasteiger partial charge in [-0.2, -0.15) is 5.10 Å². The zero-order valence-electron chi connectivity index (χ0n) is 16.4. The summed E-state index contributed by atoms with van der Waals surface area (Å²) in [6.07, 6.45) is 1.69. The second kappa shape index (κ2) is 7.67. The third kappa shape index (κ3) is 3.70. The van der Waals surface area contributed by atoms with E-state index < -0.39 is 4.92 Å². The molecule has 0 spiro atoms. The minimum absolute atomic E-state index is 0.0267. The Bertz CT molecular complexity index is 1230. The summed E-state index contributed by atoms with van der Waals surface area (Å²) >= 11 is 0. The van der Waals surface area contributed by atoms with Crippen molar-refractivity contribution in [2.45, 2.75) is 0 Å². The molecule has 0 unspecified atom stereocenters. The number of benzene rings is 3. The van der Waals surface area contributed by atoms with E-state index in [9.17, 15) is 14.9 Å². The molecule has 0 fully saturated rings. The Morgan fingerprint density at radius 1 is 1.03 bits per heavy atom. The number of carbonyl (C=O) groups excluding carboxylic acids is 1. The first-order chi connectivity index (χ1) is 14.4. The molecule has 8 nitrogen and oxygen atoms in total. The molecule has 0 bridgehead atoms. The zero-order chi connectivity index (χ0) is 21.3. The van der Waals surface area contributed by atoms with Crippen molar-refractivity contribution in [2.24, 2.45) is 0 Å². The van der Waals surface area contributed by atoms with Crippen LogP contribution in [-0.2, 0) is 0 Å². The molecule has 1 aromatic heterocycles. The molecule has 0 radical (unpaired) electrons. The fourth-order valence-corrected chi connectivity index (χ4v) is 3.15. The van der Waals surface area contributed by atoms with Crippen molar-refractivity contribution >= 4 is 33.9 Å². The molecule has 150 valence electrons. The summed E-state index contributed by atoms with van der Waals surface area (Å²) in [4.78, 5) is 24.9. The molecule has 4 aromatic rings. The molecule has 0 aliphatic carbocycles. The Labute approximate surface area is 172 Å². The number of anilines is 2. The van der Waals surface area contributed by atoms with Crippen molar-refractivity contribution in [1.82, 2.24) is 9.78 Å². The molecule has 1 heterocycles. The Kier molecular flexibility index (Phi) is 4.89. The molecule has 0 saturated heterocycles. The van der Waals surface area contributed by atoms with E-state index in [0.29, 0.717) is 16.9 Å². The minimum atomic E-state index is -0.437. The van der Waals surface area contributed by atoms with Crippen LogP contribution in [0.15, 0.2) is 72.9 Å². The van der Waals surface area contributed by atoms with Gasteiger partial charge < -0.3 is 10.2 Å². The number of hydrogen-bond acceptors (Lipinski definition) is 5. The maximum atomic E-state index is 12.5. The largest absolute Gasteiger partial charge is 0.378 e. The number of nitrogens with zero attached hydrogens (tertiary/aromatic N) is 4. The molecule has 1 N–H and O–H groups in total. The Morgan fingerprint density at radius 3 is 2.37 bits per heavy atom. The number of nitro benzene ring substituents is 1. The monoisotopic (exact) mass is 401 g/mol. The van der Waals surface area contributed by atoms with Crippen LogP contribution in [0, 0.1) is 10.1 Å². The topological polar surface area (TPSA) is 93.3 Å². The lowest BCUT2D eigenvalue weighted by atomic mass is 10.1. The summed E-state index contributed by atoms with van der Waals surface area (Å²) in [6.45, 7) is 0. The normalized spacial score (nSPS) is 10.7. The smallest absolute Gasteiger partial charge is 0.269 e. The van der Waals surface area contributed by atoms with E-state index in [1.54, 1.807) is 41.2 Å². The number of fused-ring (bicyclic) bond motifs is 1. The summed E-state index contributed by atoms with van der Waals surface area (Å²) < 4.78 is 1.70. The second-order valence-corrected chi connectivity index (χ2v) is 7.00. The van der Waals surface area contributed by atoms with Crippen LogP contribution in [0.4, 0.5) is 17.1 Å². The molecule has 0 aliphatic rings. The minimum Gasteiger partial charge on any atom is -0.378 e. The molecular formula is C22H19N5O3. The highest BCUT2D eigenvalue weighted by molar-refractivity contribution is 6.05. The molecule has 0 atom stereocenters. The molecule has 30 heavy (non-hydrogen) atoms. The molecule has 0 aliphatic heterocycles. The number of amides is 1. The number of nitro groups is 1. The van der Waals surface area contributed by atoms with Crippen LogP contribution in [0.1, 0.15) is 10.4 Å². The summed E-state index contributed by atoms with van der Waals surface area (Å²) in [5.41, 5.74) is 3.82. The van der Waals surface area contributed by atoms with Crippen LogP contribution in [0.3, 0.4) is 0 Å². The highest BCUT2D eigenvalue weighted by Crippen LogP contribution is 2.24. The van der Waals surface area contributed by atoms with Crippen LogP contribution < -0.4 is 10.2 Å². The predicted molar refractivity (Wildman–Crippen MR) is 116 cm³/mol. The highest BCUT2D eigenvalue weighted by atomic mass is 16.6. The number of nitrogens with one attached hydrogen (secondary N) is 1. The summed E-state index contributed by atoms with van der Waals surface area (Å²) in [6, 6.07) is 19.1. The van der Waals surface area contributed by atoms with E-state index in [0.717, 1.165) is 16.6 Å². The average Bonchev–Trinajstić information content (AvgIpc) is 3.17. The first-order valence-corrected chi connectivity index (χ1v) is 9.24. The van der Waals surface area contributed by atoms with Gasteiger partial charge in [0.2, 0.25) is 0 Å². The SMILES string of the molecule is CN(C)c1ccc(C(=O)Nc2ccc3c(cnn3-c3ccc([N+](=O)[O-])cc3)c2)cc1. The van der Waals surface area contributed by atoms with Crippen molar-refractivity contribution in [3.05, 3.63) is 88.6 Å². The van der Waals surface area contributed by atoms with E-state index in [1.165, 1.54) is 12.1 Å². The number of carbonyl (C=O) groups is 1. The highest BCUT2D eigenvalue weighted by Gasteiger charge is 2.11. The molecule has 0 saturated carbocycles. The number of rotatable bonds is 5. The van der Waals surface area contributed by atoms with E-state index in [-0.39, 0.29) is 11.6 Å². The number of non-ortho nitro benzene ring substituents is 1. The van der Waals surface area contributed by atoms with Crippen molar-refractivity contribution in [3.63, 3.8) is 0 Å². The third-order valence-electron chi connectivity index (χ3n) is 4.78. The van der Waals surface area contributed by atoms with Crippen LogP contribution in [0.25, 0.3) is 16.6 Å². The molecule has 3 aromatic carbocycles. The van der Waals surface area contributed by atoms with Gasteiger partial charge in [0.1, 0.15) is 0 Å². The Balaban J connectivity index is 1.55. The van der Waals surface area contributed by atoms with Gasteiger partial charge in [0.25, 0.3) is 11.6 Å². The maximum absolute atomic E-state index is 12.5. The van der Waals surface area contributed by atoms with Crippen molar-refractivity contribution in [1.29, 1.82) is 0 Å². The van der Waals surface area contributed by atoms with Crippen LogP contribution >= 0.6 is 0 Å². The zero-order valence-corrected chi connectivity index (χ0v) is 16.4. The molecule has 8 heteroatoms. The Morgan fingerprint density at radius 2 is 1.73 bits per heavy atom. The van der Waals surface area contributed by atoms with Gasteiger partial charge in [-0.3, -0.25) is 14.9 Å². The second-order valence-electron chi connectivity index (χ2n) is 7.00. The van der Waals surface area contributed by atoms with Gasteiger partial charge in [-0.05, 0) is 54.6 Å². The van der Waals surface area contributed by atoms with Crippen molar-refractivity contribution < 1.29 is 9.72 Å². The predicted octanol–water partition coefficient (Wildman–Crippen LogP) is 4.25. The van der Waals surface area contributed by atoms with Crippen molar-refractivity contribution in [3.8, 4) is 5.69 Å². The van der Waals surface area contributed by atoms with Gasteiger partial charge in [-0.1, -0.05) is 0 Å². The molecule has 1 amide bonds. The molecule has 4 rings (SSSR count). The Hall–Kier alpha value is -4.20. The number of hydrogen-bond donors (Lipinski definition) is 1. The summed E-state index contributed by atoms with van der Waals surface area (Å²) in [5.74, 6) is -0.192. The van der Waals surface area contributed by atoms with E-state index in [4.69, 9.17) is 0 Å². The number of aromatic nitrogens is 2. The van der Waals surface area contributed by atoms with Gasteiger partial charge in [0.05, 0.1) is 22.3 Å². The standard InChI is InChI=1S/C22H19N5O3/c1-25(2)18-6-3-15(4-7-18)22(28)24-17-5-12-21-16(13-17)14-23-26(21)19-8-10-20(11-9-19)27(29)30/h3-14H,1-2H3,(H,24,28). The average molecular weight is 401 g/mol. The quantitative estimate of drug-likeness (QED) is 0.399.